The van der Waals surface area contributed by atoms with Crippen molar-refractivity contribution in [2.45, 2.75) is 45.1 Å². The summed E-state index contributed by atoms with van der Waals surface area (Å²) in [4.78, 5) is 23.9. The molecule has 27 heavy (non-hydrogen) atoms. The van der Waals surface area contributed by atoms with Crippen LogP contribution in [-0.4, -0.2) is 60.8 Å². The second-order valence-electron chi connectivity index (χ2n) is 6.90. The van der Waals surface area contributed by atoms with Crippen LogP contribution < -0.4 is 9.62 Å². The molecule has 2 N–H and O–H groups in total. The predicted octanol–water partition coefficient (Wildman–Crippen LogP) is 3.91. The third-order valence-corrected chi connectivity index (χ3v) is 5.56. The Hall–Kier alpha value is -1.57. The van der Waals surface area contributed by atoms with Gasteiger partial charge >= 0.3 is 0 Å². The molecule has 2 heterocycles. The molecule has 1 fully saturated rings. The van der Waals surface area contributed by atoms with Gasteiger partial charge in [0.25, 0.3) is 0 Å². The molecule has 1 saturated carbocycles. The second kappa shape index (κ2) is 11.3. The lowest BCUT2D eigenvalue weighted by atomic mass is 9.93. The lowest BCUT2D eigenvalue weighted by Gasteiger charge is -2.39. The van der Waals surface area contributed by atoms with Crippen molar-refractivity contribution in [1.82, 2.24) is 19.6 Å². The molecule has 0 aromatic carbocycles. The van der Waals surface area contributed by atoms with Crippen molar-refractivity contribution in [1.29, 1.82) is 0 Å². The summed E-state index contributed by atoms with van der Waals surface area (Å²) >= 11 is 1.61. The maximum Gasteiger partial charge on any atom is 0.153 e. The zero-order chi connectivity index (χ0) is 19.6. The first kappa shape index (κ1) is 21.7. The molecule has 0 atom stereocenters. The van der Waals surface area contributed by atoms with Gasteiger partial charge in [-0.1, -0.05) is 38.1 Å². The van der Waals surface area contributed by atoms with Crippen molar-refractivity contribution in [3.8, 4) is 0 Å². The SMILES string of the molecule is CCN(C)CN(c1c(C=O)cnc2[nH]ccc12)C1CCCCC1.CNSC. The van der Waals surface area contributed by atoms with Gasteiger partial charge in [-0.05, 0) is 45.8 Å². The number of pyridine rings is 1. The third-order valence-electron chi connectivity index (χ3n) is 5.15. The van der Waals surface area contributed by atoms with Crippen molar-refractivity contribution in [2.24, 2.45) is 0 Å². The highest BCUT2D eigenvalue weighted by Crippen LogP contribution is 2.34. The number of nitrogens with one attached hydrogen (secondary N) is 2. The number of aromatic nitrogens is 2. The summed E-state index contributed by atoms with van der Waals surface area (Å²) in [5.41, 5.74) is 2.58. The van der Waals surface area contributed by atoms with E-state index in [0.29, 0.717) is 11.6 Å². The van der Waals surface area contributed by atoms with Crippen LogP contribution in [0.4, 0.5) is 5.69 Å². The zero-order valence-corrected chi connectivity index (χ0v) is 17.8. The van der Waals surface area contributed by atoms with E-state index in [2.05, 4.69) is 38.5 Å². The van der Waals surface area contributed by atoms with E-state index in [1.54, 1.807) is 18.1 Å². The number of rotatable bonds is 7. The van der Waals surface area contributed by atoms with Crippen LogP contribution in [0.5, 0.6) is 0 Å². The van der Waals surface area contributed by atoms with Gasteiger partial charge in [-0.3, -0.25) is 14.4 Å². The van der Waals surface area contributed by atoms with Crippen molar-refractivity contribution < 1.29 is 4.79 Å². The topological polar surface area (TPSA) is 64.3 Å². The highest BCUT2D eigenvalue weighted by atomic mass is 32.2. The first-order valence-corrected chi connectivity index (χ1v) is 10.9. The molecule has 0 saturated heterocycles. The van der Waals surface area contributed by atoms with Crippen LogP contribution in [0.1, 0.15) is 49.4 Å². The number of aldehydes is 1. The molecule has 0 amide bonds. The fraction of sp³-hybridized carbons (Fsp3) is 0.600. The van der Waals surface area contributed by atoms with Gasteiger partial charge in [0.1, 0.15) is 5.65 Å². The van der Waals surface area contributed by atoms with Crippen molar-refractivity contribution in [3.05, 3.63) is 24.0 Å². The van der Waals surface area contributed by atoms with Gasteiger partial charge in [0.15, 0.2) is 6.29 Å². The minimum atomic E-state index is 0.497. The van der Waals surface area contributed by atoms with Gasteiger partial charge in [0.05, 0.1) is 17.9 Å². The number of H-pyrrole nitrogens is 1. The Morgan fingerprint density at radius 3 is 2.67 bits per heavy atom. The maximum atomic E-state index is 11.6. The minimum absolute atomic E-state index is 0.497. The largest absolute Gasteiger partial charge is 0.354 e. The number of hydrogen-bond donors (Lipinski definition) is 2. The second-order valence-corrected chi connectivity index (χ2v) is 7.72. The summed E-state index contributed by atoms with van der Waals surface area (Å²) < 4.78 is 2.85. The number of nitrogens with zero attached hydrogens (tertiary/aromatic N) is 3. The lowest BCUT2D eigenvalue weighted by Crippen LogP contribution is -2.44. The van der Waals surface area contributed by atoms with Crippen molar-refractivity contribution in [3.63, 3.8) is 0 Å². The minimum Gasteiger partial charge on any atom is -0.354 e. The molecule has 0 radical (unpaired) electrons. The lowest BCUT2D eigenvalue weighted by molar-refractivity contribution is 0.112. The first-order valence-electron chi connectivity index (χ1n) is 9.72. The molecule has 1 aliphatic carbocycles. The van der Waals surface area contributed by atoms with Gasteiger partial charge in [0, 0.05) is 23.8 Å². The Morgan fingerprint density at radius 2 is 2.07 bits per heavy atom. The number of anilines is 1. The van der Waals surface area contributed by atoms with Crippen LogP contribution in [0, 0.1) is 0 Å². The van der Waals surface area contributed by atoms with E-state index in [4.69, 9.17) is 0 Å². The summed E-state index contributed by atoms with van der Waals surface area (Å²) in [7, 11) is 4.02. The summed E-state index contributed by atoms with van der Waals surface area (Å²) in [5, 5.41) is 1.05. The van der Waals surface area contributed by atoms with Gasteiger partial charge in [-0.25, -0.2) is 4.98 Å². The summed E-state index contributed by atoms with van der Waals surface area (Å²) in [6.45, 7) is 3.99. The summed E-state index contributed by atoms with van der Waals surface area (Å²) in [6.07, 6.45) is 12.8. The normalized spacial score (nSPS) is 14.9. The predicted molar refractivity (Wildman–Crippen MR) is 117 cm³/mol. The number of fused-ring (bicyclic) bond motifs is 1. The van der Waals surface area contributed by atoms with Crippen molar-refractivity contribution >= 4 is 35.0 Å². The average molecular weight is 392 g/mol. The Balaban J connectivity index is 0.000000596. The quantitative estimate of drug-likeness (QED) is 0.424. The van der Waals surface area contributed by atoms with E-state index in [1.165, 1.54) is 32.1 Å². The standard InChI is InChI=1S/C18H26N4O.C2H7NS/c1-3-21(2)13-22(15-7-5-4-6-8-15)17-14(12-23)11-20-18-16(17)9-10-19-18;1-3-4-2/h9-12,15H,3-8,13H2,1-2H3,(H,19,20);3H,1-2H3. The van der Waals surface area contributed by atoms with Crippen LogP contribution in [0.3, 0.4) is 0 Å². The highest BCUT2D eigenvalue weighted by Gasteiger charge is 2.26. The molecular weight excluding hydrogens is 358 g/mol. The molecule has 150 valence electrons. The fourth-order valence-corrected chi connectivity index (χ4v) is 3.54. The van der Waals surface area contributed by atoms with E-state index >= 15 is 0 Å². The number of aromatic amines is 1. The van der Waals surface area contributed by atoms with E-state index in [0.717, 1.165) is 36.2 Å². The molecule has 6 nitrogen and oxygen atoms in total. The zero-order valence-electron chi connectivity index (χ0n) is 17.0. The van der Waals surface area contributed by atoms with Crippen LogP contribution in [0.15, 0.2) is 18.5 Å². The molecule has 0 aliphatic heterocycles. The molecule has 0 unspecified atom stereocenters. The molecule has 1 aliphatic rings. The van der Waals surface area contributed by atoms with E-state index < -0.39 is 0 Å². The van der Waals surface area contributed by atoms with Crippen LogP contribution >= 0.6 is 11.9 Å². The Labute approximate surface area is 167 Å². The molecule has 0 bridgehead atoms. The Bertz CT molecular complexity index is 697. The van der Waals surface area contributed by atoms with Gasteiger partial charge in [-0.2, -0.15) is 0 Å². The summed E-state index contributed by atoms with van der Waals surface area (Å²) in [5.74, 6) is 0. The molecule has 2 aromatic heterocycles. The Morgan fingerprint density at radius 1 is 1.37 bits per heavy atom. The Kier molecular flexibility index (Phi) is 9.10. The number of carbonyl (C=O) groups excluding carboxylic acids is 1. The van der Waals surface area contributed by atoms with E-state index in [1.807, 2.05) is 25.6 Å². The third kappa shape index (κ3) is 5.70. The van der Waals surface area contributed by atoms with Crippen LogP contribution in [0.25, 0.3) is 11.0 Å². The van der Waals surface area contributed by atoms with Crippen LogP contribution in [-0.2, 0) is 0 Å². The monoisotopic (exact) mass is 391 g/mol. The van der Waals surface area contributed by atoms with Crippen molar-refractivity contribution in [2.75, 3.05) is 38.5 Å². The van der Waals surface area contributed by atoms with Gasteiger partial charge in [-0.15, -0.1) is 0 Å². The van der Waals surface area contributed by atoms with Crippen LogP contribution in [0.2, 0.25) is 0 Å². The number of hydrogen-bond acceptors (Lipinski definition) is 6. The molecule has 0 spiro atoms. The first-order chi connectivity index (χ1) is 13.2. The average Bonchev–Trinajstić information content (AvgIpc) is 3.21. The smallest absolute Gasteiger partial charge is 0.153 e. The molecule has 7 heteroatoms. The van der Waals surface area contributed by atoms with E-state index in [9.17, 15) is 4.79 Å². The highest BCUT2D eigenvalue weighted by molar-refractivity contribution is 7.96. The molecule has 3 rings (SSSR count). The maximum absolute atomic E-state index is 11.6. The fourth-order valence-electron chi connectivity index (χ4n) is 3.54. The molecule has 2 aromatic rings. The van der Waals surface area contributed by atoms with Gasteiger partial charge < -0.3 is 9.88 Å². The van der Waals surface area contributed by atoms with E-state index in [-0.39, 0.29) is 0 Å². The molecular formula is C20H33N5OS. The number of carbonyl (C=O) groups is 1. The van der Waals surface area contributed by atoms with Gasteiger partial charge in [0.2, 0.25) is 0 Å². The summed E-state index contributed by atoms with van der Waals surface area (Å²) in [6, 6.07) is 2.53.